The first-order valence-electron chi connectivity index (χ1n) is 15.1. The van der Waals surface area contributed by atoms with Crippen LogP contribution in [0.3, 0.4) is 0 Å². The molecule has 0 aromatic heterocycles. The minimum Gasteiger partial charge on any atom is -0.475 e. The van der Waals surface area contributed by atoms with Gasteiger partial charge in [-0.2, -0.15) is 52.7 Å². The van der Waals surface area contributed by atoms with Gasteiger partial charge in [0.05, 0.1) is 5.56 Å². The number of halogens is 12. The van der Waals surface area contributed by atoms with E-state index in [1.54, 1.807) is 6.07 Å². The van der Waals surface area contributed by atoms with E-state index < -0.39 is 48.2 Å². The Bertz CT molecular complexity index is 1460. The number of fused-ring (bicyclic) bond motifs is 1. The van der Waals surface area contributed by atoms with Crippen molar-refractivity contribution in [2.45, 2.75) is 50.4 Å². The second-order valence-corrected chi connectivity index (χ2v) is 11.0. The van der Waals surface area contributed by atoms with Gasteiger partial charge in [0.1, 0.15) is 0 Å². The van der Waals surface area contributed by atoms with E-state index in [2.05, 4.69) is 22.3 Å². The Morgan fingerprint density at radius 1 is 0.642 bits per heavy atom. The van der Waals surface area contributed by atoms with Crippen molar-refractivity contribution in [2.24, 2.45) is 0 Å². The van der Waals surface area contributed by atoms with Crippen molar-refractivity contribution in [2.75, 3.05) is 50.7 Å². The van der Waals surface area contributed by atoms with E-state index in [9.17, 15) is 57.5 Å². The molecule has 22 heteroatoms. The van der Waals surface area contributed by atoms with Crippen molar-refractivity contribution >= 4 is 29.4 Å². The molecule has 10 nitrogen and oxygen atoms in total. The number of alkyl halides is 12. The molecule has 4 N–H and O–H groups in total. The van der Waals surface area contributed by atoms with Gasteiger partial charge in [0.15, 0.2) is 5.78 Å². The minimum absolute atomic E-state index is 0.188. The topological polar surface area (TPSA) is 147 Å². The van der Waals surface area contributed by atoms with Crippen molar-refractivity contribution in [1.29, 1.82) is 0 Å². The molecule has 4 rings (SSSR count). The lowest BCUT2D eigenvalue weighted by Gasteiger charge is -2.36. The van der Waals surface area contributed by atoms with Gasteiger partial charge in [-0.1, -0.05) is 18.2 Å². The summed E-state index contributed by atoms with van der Waals surface area (Å²) in [6.07, 6.45) is -16.3. The molecule has 0 spiro atoms. The zero-order valence-electron chi connectivity index (χ0n) is 27.2. The van der Waals surface area contributed by atoms with Crippen LogP contribution >= 0.6 is 0 Å². The first-order chi connectivity index (χ1) is 24.2. The number of carboxylic acid groups (broad SMARTS) is 3. The lowest BCUT2D eigenvalue weighted by atomic mass is 9.97. The molecule has 0 atom stereocenters. The molecular weight excluding hydrogens is 754 g/mol. The summed E-state index contributed by atoms with van der Waals surface area (Å²) in [4.78, 5) is 43.7. The first kappa shape index (κ1) is 46.4. The number of aliphatic carboxylic acids is 3. The summed E-state index contributed by atoms with van der Waals surface area (Å²) in [6, 6.07) is 11.7. The fraction of sp³-hybridized carbons (Fsp3) is 0.484. The molecule has 1 fully saturated rings. The van der Waals surface area contributed by atoms with Crippen molar-refractivity contribution in [3.63, 3.8) is 0 Å². The smallest absolute Gasteiger partial charge is 0.475 e. The van der Waals surface area contributed by atoms with Crippen molar-refractivity contribution in [3.05, 3.63) is 64.7 Å². The van der Waals surface area contributed by atoms with Gasteiger partial charge in [0.25, 0.3) is 0 Å². The number of nitrogens with zero attached hydrogens (tertiary/aromatic N) is 2. The number of carbonyl (C=O) groups is 4. The lowest BCUT2D eigenvalue weighted by molar-refractivity contribution is -0.193. The average molecular weight is 788 g/mol. The number of benzene rings is 2. The summed E-state index contributed by atoms with van der Waals surface area (Å²) >= 11 is 0. The molecular formula is C31H33F12N3O7. The third-order valence-corrected chi connectivity index (χ3v) is 7.19. The maximum Gasteiger partial charge on any atom is 0.490 e. The third-order valence-electron chi connectivity index (χ3n) is 7.19. The van der Waals surface area contributed by atoms with Crippen LogP contribution in [0.1, 0.15) is 39.9 Å². The molecule has 0 saturated carbocycles. The minimum atomic E-state index is -5.08. The Hall–Kier alpha value is -4.60. The summed E-state index contributed by atoms with van der Waals surface area (Å²) in [5.74, 6) is -8.08. The molecule has 1 saturated heterocycles. The maximum atomic E-state index is 13.0. The molecule has 0 unspecified atom stereocenters. The maximum absolute atomic E-state index is 13.0. The van der Waals surface area contributed by atoms with Crippen molar-refractivity contribution < 1.29 is 87.2 Å². The highest BCUT2D eigenvalue weighted by molar-refractivity contribution is 5.96. The van der Waals surface area contributed by atoms with Crippen LogP contribution in [0, 0.1) is 0 Å². The molecule has 53 heavy (non-hydrogen) atoms. The Morgan fingerprint density at radius 3 is 1.57 bits per heavy atom. The monoisotopic (exact) mass is 787 g/mol. The summed E-state index contributed by atoms with van der Waals surface area (Å²) in [5.41, 5.74) is 3.44. The zero-order chi connectivity index (χ0) is 40.8. The first-order valence-corrected chi connectivity index (χ1v) is 15.1. The van der Waals surface area contributed by atoms with Gasteiger partial charge < -0.3 is 25.5 Å². The van der Waals surface area contributed by atoms with E-state index in [-0.39, 0.29) is 5.78 Å². The van der Waals surface area contributed by atoms with Crippen LogP contribution < -0.4 is 10.2 Å². The van der Waals surface area contributed by atoms with E-state index in [1.165, 1.54) is 23.3 Å². The van der Waals surface area contributed by atoms with Gasteiger partial charge in [0, 0.05) is 43.9 Å². The predicted octanol–water partition coefficient (Wildman–Crippen LogP) is 6.08. The van der Waals surface area contributed by atoms with Crippen LogP contribution in [0.15, 0.2) is 42.5 Å². The van der Waals surface area contributed by atoms with Gasteiger partial charge in [-0.3, -0.25) is 9.69 Å². The number of hydrogen-bond acceptors (Lipinski definition) is 7. The number of anilines is 1. The molecule has 0 aliphatic carbocycles. The largest absolute Gasteiger partial charge is 0.490 e. The van der Waals surface area contributed by atoms with E-state index in [4.69, 9.17) is 29.7 Å². The van der Waals surface area contributed by atoms with Crippen molar-refractivity contribution in [3.8, 4) is 0 Å². The summed E-state index contributed by atoms with van der Waals surface area (Å²) in [7, 11) is 0. The van der Waals surface area contributed by atoms with Crippen LogP contribution in [0.2, 0.25) is 0 Å². The van der Waals surface area contributed by atoms with Gasteiger partial charge in [-0.05, 0) is 74.3 Å². The molecule has 2 aromatic carbocycles. The molecule has 2 aromatic rings. The van der Waals surface area contributed by atoms with E-state index >= 15 is 0 Å². The summed E-state index contributed by atoms with van der Waals surface area (Å²) < 4.78 is 134. The normalized spacial score (nSPS) is 15.1. The lowest BCUT2D eigenvalue weighted by Crippen LogP contribution is -2.46. The highest BCUT2D eigenvalue weighted by Crippen LogP contribution is 2.32. The predicted molar refractivity (Wildman–Crippen MR) is 161 cm³/mol. The highest BCUT2D eigenvalue weighted by atomic mass is 19.4. The molecule has 2 aliphatic rings. The van der Waals surface area contributed by atoms with Gasteiger partial charge in [0.2, 0.25) is 0 Å². The van der Waals surface area contributed by atoms with Gasteiger partial charge in [-0.15, -0.1) is 0 Å². The van der Waals surface area contributed by atoms with Crippen LogP contribution in [-0.2, 0) is 33.4 Å². The number of nitrogens with one attached hydrogen (secondary N) is 1. The summed E-state index contributed by atoms with van der Waals surface area (Å²) in [5, 5.41) is 24.8. The SMILES string of the molecule is O=C(CCCN1CCN(c2cccc(C(F)(F)F)c2)CC1)c1ccc2c(c1)CCNCC2.O=C(O)C(F)(F)F.O=C(O)C(F)(F)F.O=C(O)C(F)(F)F. The molecule has 2 heterocycles. The van der Waals surface area contributed by atoms with Crippen LogP contribution in [0.4, 0.5) is 58.4 Å². The van der Waals surface area contributed by atoms with Crippen LogP contribution in [0.5, 0.6) is 0 Å². The van der Waals surface area contributed by atoms with E-state index in [0.29, 0.717) is 25.2 Å². The molecule has 0 bridgehead atoms. The summed E-state index contributed by atoms with van der Waals surface area (Å²) in [6.45, 7) is 5.73. The molecule has 298 valence electrons. The standard InChI is InChI=1S/C25H30F3N3O.3C2HF3O2/c26-25(27,28)22-3-1-4-23(18-22)31-15-13-30(14-16-31)12-2-5-24(32)21-7-6-19-8-10-29-11-9-20(19)17-21;3*3-2(4,5)1(6)7/h1,3-4,6-7,17-18,29H,2,5,8-16H2;3*(H,6,7). The molecule has 2 aliphatic heterocycles. The van der Waals surface area contributed by atoms with E-state index in [1.807, 2.05) is 11.0 Å². The number of carbonyl (C=O) groups excluding carboxylic acids is 1. The third kappa shape index (κ3) is 17.6. The zero-order valence-corrected chi connectivity index (χ0v) is 27.2. The van der Waals surface area contributed by atoms with Gasteiger partial charge in [-0.25, -0.2) is 14.4 Å². The average Bonchev–Trinajstić information content (AvgIpc) is 3.29. The molecule has 0 amide bonds. The quantitative estimate of drug-likeness (QED) is 0.201. The number of piperazine rings is 1. The van der Waals surface area contributed by atoms with Crippen molar-refractivity contribution in [1.82, 2.24) is 10.2 Å². The number of Topliss-reactive ketones (excluding diaryl/α,β-unsaturated/α-hetero) is 1. The second kappa shape index (κ2) is 20.0. The second-order valence-electron chi connectivity index (χ2n) is 11.0. The van der Waals surface area contributed by atoms with E-state index in [0.717, 1.165) is 63.6 Å². The molecule has 0 radical (unpaired) electrons. The Labute approximate surface area is 293 Å². The number of rotatable bonds is 6. The number of hydrogen-bond donors (Lipinski definition) is 4. The number of carboxylic acids is 3. The Balaban J connectivity index is 0.000000545. The fourth-order valence-corrected chi connectivity index (χ4v) is 4.56. The van der Waals surface area contributed by atoms with Crippen LogP contribution in [0.25, 0.3) is 0 Å². The van der Waals surface area contributed by atoms with Crippen LogP contribution in [-0.4, -0.2) is 108 Å². The van der Waals surface area contributed by atoms with Gasteiger partial charge >= 0.3 is 42.6 Å². The fourth-order valence-electron chi connectivity index (χ4n) is 4.56. The Kier molecular flexibility index (Phi) is 17.5. The highest BCUT2D eigenvalue weighted by Gasteiger charge is 2.39. The Morgan fingerprint density at radius 2 is 1.11 bits per heavy atom. The number of ketones is 1.